The monoisotopic (exact) mass is 346 g/mol. The number of esters is 2. The highest BCUT2D eigenvalue weighted by molar-refractivity contribution is 5.92. The maximum atomic E-state index is 12.3. The van der Waals surface area contributed by atoms with E-state index < -0.39 is 12.1 Å². The van der Waals surface area contributed by atoms with E-state index in [0.29, 0.717) is 17.6 Å². The lowest BCUT2D eigenvalue weighted by Crippen LogP contribution is -2.53. The Hall–Kier alpha value is -1.88. The second kappa shape index (κ2) is 6.45. The summed E-state index contributed by atoms with van der Waals surface area (Å²) in [5.74, 6) is -1.02. The summed E-state index contributed by atoms with van der Waals surface area (Å²) < 4.78 is 11.4. The van der Waals surface area contributed by atoms with Gasteiger partial charge in [0.1, 0.15) is 12.2 Å². The minimum Gasteiger partial charge on any atom is -0.458 e. The molecule has 0 spiro atoms. The molecule has 0 bridgehead atoms. The summed E-state index contributed by atoms with van der Waals surface area (Å²) in [7, 11) is 0. The van der Waals surface area contributed by atoms with Crippen LogP contribution in [-0.2, 0) is 19.1 Å². The van der Waals surface area contributed by atoms with E-state index in [1.165, 1.54) is 11.6 Å². The zero-order valence-electron chi connectivity index (χ0n) is 15.1. The largest absolute Gasteiger partial charge is 0.458 e. The molecule has 0 radical (unpaired) electrons. The Morgan fingerprint density at radius 2 is 2.28 bits per heavy atom. The van der Waals surface area contributed by atoms with Crippen molar-refractivity contribution in [2.24, 2.45) is 17.3 Å². The Morgan fingerprint density at radius 3 is 2.96 bits per heavy atom. The van der Waals surface area contributed by atoms with E-state index in [-0.39, 0.29) is 35.9 Å². The molecule has 1 heterocycles. The molecule has 1 aliphatic heterocycles. The van der Waals surface area contributed by atoms with Crippen LogP contribution in [0.2, 0.25) is 0 Å². The number of allylic oxidation sites excluding steroid dienone is 1. The SMILES string of the molecule is C=C1C(=O)O[C@@H]2[C@H]1[C@H](OC(=O)/C(C)=C/CO)C[C@]1(C)CCC=C(C)[C@@H]21. The van der Waals surface area contributed by atoms with E-state index in [0.717, 1.165) is 12.8 Å². The van der Waals surface area contributed by atoms with Crippen LogP contribution in [0.25, 0.3) is 0 Å². The predicted molar refractivity (Wildman–Crippen MR) is 92.4 cm³/mol. The van der Waals surface area contributed by atoms with Crippen molar-refractivity contribution in [3.8, 4) is 0 Å². The highest BCUT2D eigenvalue weighted by Gasteiger charge is 2.59. The molecule has 1 saturated heterocycles. The summed E-state index contributed by atoms with van der Waals surface area (Å²) in [6.07, 6.45) is 5.51. The van der Waals surface area contributed by atoms with Crippen LogP contribution in [0.5, 0.6) is 0 Å². The number of aliphatic hydroxyl groups is 1. The number of rotatable bonds is 3. The summed E-state index contributed by atoms with van der Waals surface area (Å²) in [5, 5.41) is 8.97. The van der Waals surface area contributed by atoms with Crippen LogP contribution in [0.4, 0.5) is 0 Å². The number of aliphatic hydroxyl groups excluding tert-OH is 1. The molecule has 5 nitrogen and oxygen atoms in total. The van der Waals surface area contributed by atoms with E-state index in [2.05, 4.69) is 26.5 Å². The average Bonchev–Trinajstić information content (AvgIpc) is 2.82. The lowest BCUT2D eigenvalue weighted by molar-refractivity contribution is -0.162. The van der Waals surface area contributed by atoms with Crippen molar-refractivity contribution < 1.29 is 24.2 Å². The minimum absolute atomic E-state index is 0.0789. The Labute approximate surface area is 148 Å². The van der Waals surface area contributed by atoms with Gasteiger partial charge in [-0.3, -0.25) is 0 Å². The van der Waals surface area contributed by atoms with Crippen LogP contribution in [0.1, 0.15) is 40.0 Å². The number of ether oxygens (including phenoxy) is 2. The maximum absolute atomic E-state index is 12.3. The number of hydrogen-bond acceptors (Lipinski definition) is 5. The Bertz CT molecular complexity index is 674. The first-order valence-electron chi connectivity index (χ1n) is 8.83. The normalized spacial score (nSPS) is 37.8. The highest BCUT2D eigenvalue weighted by atomic mass is 16.6. The molecular formula is C20H26O5. The summed E-state index contributed by atoms with van der Waals surface area (Å²) in [4.78, 5) is 24.5. The van der Waals surface area contributed by atoms with Crippen LogP contribution in [0, 0.1) is 17.3 Å². The van der Waals surface area contributed by atoms with Gasteiger partial charge >= 0.3 is 11.9 Å². The summed E-state index contributed by atoms with van der Waals surface area (Å²) >= 11 is 0. The standard InChI is InChI=1S/C20H26O5/c1-11-6-5-8-20(4)10-14(24-18(22)12(2)7-9-21)15-13(3)19(23)25-17(15)16(11)20/h6-7,14-17,21H,3,5,8-10H2,1-2,4H3/b12-7+/t14-,15-,16+,17-,20+/m1/s1. The molecule has 0 amide bonds. The van der Waals surface area contributed by atoms with Gasteiger partial charge in [0.15, 0.2) is 0 Å². The van der Waals surface area contributed by atoms with Gasteiger partial charge in [-0.2, -0.15) is 0 Å². The van der Waals surface area contributed by atoms with Gasteiger partial charge in [0, 0.05) is 17.1 Å². The molecule has 5 heteroatoms. The Morgan fingerprint density at radius 1 is 1.56 bits per heavy atom. The van der Waals surface area contributed by atoms with Gasteiger partial charge in [-0.05, 0) is 44.6 Å². The molecule has 5 atom stereocenters. The van der Waals surface area contributed by atoms with E-state index >= 15 is 0 Å². The van der Waals surface area contributed by atoms with Crippen LogP contribution in [-0.4, -0.2) is 35.9 Å². The van der Waals surface area contributed by atoms with Crippen LogP contribution in [0.15, 0.2) is 35.5 Å². The fourth-order valence-corrected chi connectivity index (χ4v) is 4.82. The quantitative estimate of drug-likeness (QED) is 0.483. The molecule has 1 N–H and O–H groups in total. The zero-order chi connectivity index (χ0) is 18.4. The molecule has 0 unspecified atom stereocenters. The summed E-state index contributed by atoms with van der Waals surface area (Å²) in [6.45, 7) is 9.59. The second-order valence-electron chi connectivity index (χ2n) is 7.76. The number of carbonyl (C=O) groups excluding carboxylic acids is 2. The molecule has 3 aliphatic rings. The van der Waals surface area contributed by atoms with Gasteiger partial charge in [-0.15, -0.1) is 0 Å². The minimum atomic E-state index is -0.463. The first kappa shape index (κ1) is 17.9. The van der Waals surface area contributed by atoms with Gasteiger partial charge < -0.3 is 14.6 Å². The second-order valence-corrected chi connectivity index (χ2v) is 7.76. The van der Waals surface area contributed by atoms with E-state index in [1.54, 1.807) is 6.92 Å². The lowest BCUT2D eigenvalue weighted by Gasteiger charge is -2.51. The van der Waals surface area contributed by atoms with Crippen LogP contribution < -0.4 is 0 Å². The van der Waals surface area contributed by atoms with E-state index in [1.807, 2.05) is 0 Å². The third-order valence-electron chi connectivity index (χ3n) is 6.06. The molecule has 3 rings (SSSR count). The van der Waals surface area contributed by atoms with Crippen molar-refractivity contribution in [3.05, 3.63) is 35.5 Å². The molecule has 2 aliphatic carbocycles. The molecule has 0 aromatic rings. The van der Waals surface area contributed by atoms with Crippen molar-refractivity contribution >= 4 is 11.9 Å². The van der Waals surface area contributed by atoms with Gasteiger partial charge in [0.05, 0.1) is 12.5 Å². The van der Waals surface area contributed by atoms with Gasteiger partial charge in [-0.25, -0.2) is 9.59 Å². The van der Waals surface area contributed by atoms with Crippen molar-refractivity contribution in [1.82, 2.24) is 0 Å². The smallest absolute Gasteiger partial charge is 0.334 e. The first-order chi connectivity index (χ1) is 11.8. The first-order valence-corrected chi connectivity index (χ1v) is 8.83. The van der Waals surface area contributed by atoms with Gasteiger partial charge in [0.25, 0.3) is 0 Å². The molecule has 2 fully saturated rings. The van der Waals surface area contributed by atoms with Crippen molar-refractivity contribution in [2.45, 2.75) is 52.2 Å². The predicted octanol–water partition coefficient (Wildman–Crippen LogP) is 2.70. The fourth-order valence-electron chi connectivity index (χ4n) is 4.82. The zero-order valence-corrected chi connectivity index (χ0v) is 15.1. The summed E-state index contributed by atoms with van der Waals surface area (Å²) in [6, 6.07) is 0. The van der Waals surface area contributed by atoms with Crippen molar-refractivity contribution in [3.63, 3.8) is 0 Å². The molecular weight excluding hydrogens is 320 g/mol. The average molecular weight is 346 g/mol. The fraction of sp³-hybridized carbons (Fsp3) is 0.600. The third-order valence-corrected chi connectivity index (χ3v) is 6.06. The number of carbonyl (C=O) groups is 2. The maximum Gasteiger partial charge on any atom is 0.334 e. The molecule has 136 valence electrons. The summed E-state index contributed by atoms with van der Waals surface area (Å²) in [5.41, 5.74) is 1.92. The third kappa shape index (κ3) is 2.95. The Kier molecular flexibility index (Phi) is 4.62. The molecule has 0 aromatic heterocycles. The van der Waals surface area contributed by atoms with Crippen LogP contribution in [0.3, 0.4) is 0 Å². The van der Waals surface area contributed by atoms with E-state index in [4.69, 9.17) is 14.6 Å². The molecule has 1 saturated carbocycles. The molecule has 25 heavy (non-hydrogen) atoms. The van der Waals surface area contributed by atoms with Crippen molar-refractivity contribution in [1.29, 1.82) is 0 Å². The van der Waals surface area contributed by atoms with E-state index in [9.17, 15) is 9.59 Å². The van der Waals surface area contributed by atoms with Gasteiger partial charge in [0.2, 0.25) is 0 Å². The number of hydrogen-bond donors (Lipinski definition) is 1. The van der Waals surface area contributed by atoms with Crippen LogP contribution >= 0.6 is 0 Å². The topological polar surface area (TPSA) is 72.8 Å². The Balaban J connectivity index is 1.93. The lowest BCUT2D eigenvalue weighted by atomic mass is 9.55. The van der Waals surface area contributed by atoms with Crippen molar-refractivity contribution in [2.75, 3.05) is 6.61 Å². The molecule has 0 aromatic carbocycles. The van der Waals surface area contributed by atoms with Gasteiger partial charge in [-0.1, -0.05) is 25.2 Å². The number of fused-ring (bicyclic) bond motifs is 3. The highest BCUT2D eigenvalue weighted by Crippen LogP contribution is 2.56.